The van der Waals surface area contributed by atoms with Crippen LogP contribution in [0, 0.1) is 0 Å². The summed E-state index contributed by atoms with van der Waals surface area (Å²) in [6.07, 6.45) is -5.03. The molecule has 1 unspecified atom stereocenters. The monoisotopic (exact) mass is 178 g/mol. The summed E-state index contributed by atoms with van der Waals surface area (Å²) in [7, 11) is 0. The molecule has 66 valence electrons. The predicted molar refractivity (Wildman–Crippen MR) is 33.0 cm³/mol. The molecule has 0 aliphatic rings. The Morgan fingerprint density at radius 1 is 1.25 bits per heavy atom. The highest BCUT2D eigenvalue weighted by molar-refractivity contribution is 4.94. The zero-order valence-corrected chi connectivity index (χ0v) is 5.78. The third-order valence-corrected chi connectivity index (χ3v) is 1.14. The van der Waals surface area contributed by atoms with Crippen LogP contribution in [0.2, 0.25) is 0 Å². The molecule has 1 aromatic heterocycles. The van der Waals surface area contributed by atoms with Crippen LogP contribution >= 0.6 is 0 Å². The van der Waals surface area contributed by atoms with Crippen LogP contribution in [0.1, 0.15) is 11.9 Å². The van der Waals surface area contributed by atoms with Crippen LogP contribution in [0.3, 0.4) is 0 Å². The van der Waals surface area contributed by atoms with Gasteiger partial charge in [0.2, 0.25) is 6.10 Å². The minimum Gasteiger partial charge on any atom is -0.377 e. The Hall–Kier alpha value is -1.17. The van der Waals surface area contributed by atoms with E-state index < -0.39 is 18.1 Å². The molecule has 0 bridgehead atoms. The summed E-state index contributed by atoms with van der Waals surface area (Å²) in [5, 5.41) is 8.61. The summed E-state index contributed by atoms with van der Waals surface area (Å²) in [6, 6.07) is 1.37. The number of hydrogen-bond acceptors (Lipinski definition) is 3. The van der Waals surface area contributed by atoms with Crippen molar-refractivity contribution in [2.24, 2.45) is 0 Å². The van der Waals surface area contributed by atoms with Crippen LogP contribution in [0.4, 0.5) is 13.2 Å². The van der Waals surface area contributed by atoms with Gasteiger partial charge in [-0.1, -0.05) is 0 Å². The average molecular weight is 178 g/mol. The molecule has 0 spiro atoms. The molecule has 0 aliphatic carbocycles. The fourth-order valence-corrected chi connectivity index (χ4v) is 0.598. The Bertz CT molecular complexity index is 249. The van der Waals surface area contributed by atoms with Crippen LogP contribution in [0.5, 0.6) is 0 Å². The second kappa shape index (κ2) is 3.06. The number of aliphatic hydroxyl groups is 1. The molecule has 6 heteroatoms. The Kier molecular flexibility index (Phi) is 2.27. The van der Waals surface area contributed by atoms with Crippen molar-refractivity contribution in [3.63, 3.8) is 0 Å². The molecule has 1 aromatic rings. The van der Waals surface area contributed by atoms with E-state index in [1.165, 1.54) is 6.07 Å². The molecule has 0 aliphatic heterocycles. The molecule has 0 aromatic carbocycles. The Labute approximate surface area is 65.9 Å². The number of halogens is 3. The summed E-state index contributed by atoms with van der Waals surface area (Å²) in [5.74, 6) is -0.634. The highest BCUT2D eigenvalue weighted by Gasteiger charge is 2.41. The van der Waals surface area contributed by atoms with Crippen molar-refractivity contribution in [2.45, 2.75) is 12.3 Å². The first-order chi connectivity index (χ1) is 5.52. The molecule has 1 heterocycles. The van der Waals surface area contributed by atoms with Crippen molar-refractivity contribution in [3.05, 3.63) is 24.3 Å². The van der Waals surface area contributed by atoms with E-state index in [1.807, 2.05) is 0 Å². The standard InChI is InChI=1S/C6H5F3N2O/c7-6(8,9)4(12)5-10-2-1-3-11-5/h1-4,12H. The van der Waals surface area contributed by atoms with Gasteiger partial charge in [0.25, 0.3) is 0 Å². The first-order valence-electron chi connectivity index (χ1n) is 3.03. The van der Waals surface area contributed by atoms with E-state index in [4.69, 9.17) is 5.11 Å². The Morgan fingerprint density at radius 2 is 1.75 bits per heavy atom. The zero-order chi connectivity index (χ0) is 9.19. The Morgan fingerprint density at radius 3 is 2.17 bits per heavy atom. The number of nitrogens with zero attached hydrogens (tertiary/aromatic N) is 2. The molecule has 0 saturated carbocycles. The van der Waals surface area contributed by atoms with Crippen molar-refractivity contribution >= 4 is 0 Å². The minimum atomic E-state index is -4.71. The lowest BCUT2D eigenvalue weighted by atomic mass is 10.3. The van der Waals surface area contributed by atoms with Gasteiger partial charge in [-0.25, -0.2) is 9.97 Å². The lowest BCUT2D eigenvalue weighted by Crippen LogP contribution is -2.22. The molecular weight excluding hydrogens is 173 g/mol. The first kappa shape index (κ1) is 8.92. The van der Waals surface area contributed by atoms with Crippen molar-refractivity contribution < 1.29 is 18.3 Å². The number of hydrogen-bond donors (Lipinski definition) is 1. The summed E-state index contributed by atoms with van der Waals surface area (Å²) in [6.45, 7) is 0. The van der Waals surface area contributed by atoms with E-state index in [0.717, 1.165) is 12.4 Å². The second-order valence-electron chi connectivity index (χ2n) is 2.05. The topological polar surface area (TPSA) is 46.0 Å². The van der Waals surface area contributed by atoms with Gasteiger partial charge < -0.3 is 5.11 Å². The van der Waals surface area contributed by atoms with E-state index in [9.17, 15) is 13.2 Å². The molecule has 1 N–H and O–H groups in total. The summed E-state index contributed by atoms with van der Waals surface area (Å²) < 4.78 is 35.4. The van der Waals surface area contributed by atoms with E-state index >= 15 is 0 Å². The average Bonchev–Trinajstić information content (AvgIpc) is 2.03. The number of alkyl halides is 3. The molecule has 0 saturated heterocycles. The number of aromatic nitrogens is 2. The fourth-order valence-electron chi connectivity index (χ4n) is 0.598. The molecule has 0 fully saturated rings. The second-order valence-corrected chi connectivity index (χ2v) is 2.05. The van der Waals surface area contributed by atoms with Crippen LogP contribution in [-0.4, -0.2) is 21.3 Å². The quantitative estimate of drug-likeness (QED) is 0.699. The van der Waals surface area contributed by atoms with E-state index in [0.29, 0.717) is 0 Å². The van der Waals surface area contributed by atoms with Crippen molar-refractivity contribution in [2.75, 3.05) is 0 Å². The van der Waals surface area contributed by atoms with Gasteiger partial charge in [0.15, 0.2) is 5.82 Å². The van der Waals surface area contributed by atoms with Crippen molar-refractivity contribution in [1.29, 1.82) is 0 Å². The van der Waals surface area contributed by atoms with Crippen LogP contribution < -0.4 is 0 Å². The third kappa shape index (κ3) is 1.91. The lowest BCUT2D eigenvalue weighted by molar-refractivity contribution is -0.209. The SMILES string of the molecule is OC(c1ncccn1)C(F)(F)F. The highest BCUT2D eigenvalue weighted by atomic mass is 19.4. The molecule has 0 radical (unpaired) electrons. The lowest BCUT2D eigenvalue weighted by Gasteiger charge is -2.11. The van der Waals surface area contributed by atoms with Gasteiger partial charge in [-0.3, -0.25) is 0 Å². The van der Waals surface area contributed by atoms with Gasteiger partial charge in [0.05, 0.1) is 0 Å². The summed E-state index contributed by atoms with van der Waals surface area (Å²) >= 11 is 0. The van der Waals surface area contributed by atoms with Crippen LogP contribution in [0.15, 0.2) is 18.5 Å². The smallest absolute Gasteiger partial charge is 0.377 e. The zero-order valence-electron chi connectivity index (χ0n) is 5.78. The summed E-state index contributed by atoms with van der Waals surface area (Å²) in [5.41, 5.74) is 0. The van der Waals surface area contributed by atoms with Gasteiger partial charge in [-0.05, 0) is 6.07 Å². The maximum atomic E-state index is 11.8. The largest absolute Gasteiger partial charge is 0.421 e. The molecule has 0 amide bonds. The normalized spacial score (nSPS) is 14.3. The third-order valence-electron chi connectivity index (χ3n) is 1.14. The van der Waals surface area contributed by atoms with Gasteiger partial charge >= 0.3 is 6.18 Å². The molecule has 1 atom stereocenters. The van der Waals surface area contributed by atoms with E-state index in [2.05, 4.69) is 9.97 Å². The van der Waals surface area contributed by atoms with Crippen molar-refractivity contribution in [3.8, 4) is 0 Å². The highest BCUT2D eigenvalue weighted by Crippen LogP contribution is 2.29. The maximum Gasteiger partial charge on any atom is 0.421 e. The molecule has 12 heavy (non-hydrogen) atoms. The van der Waals surface area contributed by atoms with Gasteiger partial charge in [-0.15, -0.1) is 0 Å². The molecule has 3 nitrogen and oxygen atoms in total. The van der Waals surface area contributed by atoms with Gasteiger partial charge in [-0.2, -0.15) is 13.2 Å². The fraction of sp³-hybridized carbons (Fsp3) is 0.333. The van der Waals surface area contributed by atoms with E-state index in [1.54, 1.807) is 0 Å². The van der Waals surface area contributed by atoms with Crippen LogP contribution in [-0.2, 0) is 0 Å². The summed E-state index contributed by atoms with van der Waals surface area (Å²) in [4.78, 5) is 6.53. The first-order valence-corrected chi connectivity index (χ1v) is 3.03. The van der Waals surface area contributed by atoms with E-state index in [-0.39, 0.29) is 0 Å². The Balaban J connectivity index is 2.86. The predicted octanol–water partition coefficient (Wildman–Crippen LogP) is 1.07. The maximum absolute atomic E-state index is 11.8. The van der Waals surface area contributed by atoms with Crippen molar-refractivity contribution in [1.82, 2.24) is 9.97 Å². The molecule has 1 rings (SSSR count). The van der Waals surface area contributed by atoms with Crippen LogP contribution in [0.25, 0.3) is 0 Å². The number of aliphatic hydroxyl groups excluding tert-OH is 1. The van der Waals surface area contributed by atoms with Gasteiger partial charge in [0.1, 0.15) is 0 Å². The number of rotatable bonds is 1. The minimum absolute atomic E-state index is 0.634. The van der Waals surface area contributed by atoms with Gasteiger partial charge in [0, 0.05) is 12.4 Å². The molecular formula is C6H5F3N2O.